The summed E-state index contributed by atoms with van der Waals surface area (Å²) in [5.41, 5.74) is 8.86. The number of hydrogen-bond donors (Lipinski definition) is 0. The van der Waals surface area contributed by atoms with E-state index < -0.39 is 0 Å². The molecule has 0 amide bonds. The van der Waals surface area contributed by atoms with E-state index in [9.17, 15) is 0 Å². The highest BCUT2D eigenvalue weighted by Gasteiger charge is 2.38. The van der Waals surface area contributed by atoms with E-state index in [0.29, 0.717) is 0 Å². The Bertz CT molecular complexity index is 1250. The van der Waals surface area contributed by atoms with Crippen LogP contribution in [0.3, 0.4) is 0 Å². The van der Waals surface area contributed by atoms with Crippen LogP contribution in [-0.2, 0) is 5.41 Å². The van der Waals surface area contributed by atoms with Gasteiger partial charge in [0, 0.05) is 0 Å². The molecule has 0 saturated carbocycles. The third kappa shape index (κ3) is 3.66. The molecule has 3 aliphatic carbocycles. The molecule has 1 atom stereocenters. The molecule has 0 radical (unpaired) electrons. The zero-order chi connectivity index (χ0) is 21.1. The summed E-state index contributed by atoms with van der Waals surface area (Å²) in [5, 5.41) is 0. The van der Waals surface area contributed by atoms with Gasteiger partial charge in [0.05, 0.1) is 5.41 Å². The number of aryl methyl sites for hydroxylation is 1. The summed E-state index contributed by atoms with van der Waals surface area (Å²) in [6, 6.07) is 15.7. The van der Waals surface area contributed by atoms with Crippen LogP contribution >= 0.6 is 0 Å². The Kier molecular flexibility index (Phi) is 5.14. The molecule has 0 N–H and O–H groups in total. The summed E-state index contributed by atoms with van der Waals surface area (Å²) in [4.78, 5) is 0. The number of hydrogen-bond acceptors (Lipinski definition) is 0. The van der Waals surface area contributed by atoms with E-state index in [1.807, 2.05) is 0 Å². The fourth-order valence-electron chi connectivity index (χ4n) is 4.68. The van der Waals surface area contributed by atoms with E-state index in [1.165, 1.54) is 39.0 Å². The van der Waals surface area contributed by atoms with Crippen molar-refractivity contribution >= 4 is 5.57 Å². The number of allylic oxidation sites excluding steroid dienone is 16. The van der Waals surface area contributed by atoms with Crippen molar-refractivity contribution in [2.24, 2.45) is 0 Å². The lowest BCUT2D eigenvalue weighted by Gasteiger charge is -2.27. The molecule has 150 valence electrons. The van der Waals surface area contributed by atoms with Gasteiger partial charge in [0.25, 0.3) is 0 Å². The first kappa shape index (κ1) is 19.3. The maximum Gasteiger partial charge on any atom is 0.0577 e. The van der Waals surface area contributed by atoms with Crippen LogP contribution in [0.2, 0.25) is 0 Å². The van der Waals surface area contributed by atoms with Crippen LogP contribution in [0.5, 0.6) is 0 Å². The van der Waals surface area contributed by atoms with Gasteiger partial charge in [0.1, 0.15) is 0 Å². The highest BCUT2D eigenvalue weighted by molar-refractivity contribution is 5.88. The van der Waals surface area contributed by atoms with E-state index >= 15 is 0 Å². The van der Waals surface area contributed by atoms with Gasteiger partial charge in [-0.1, -0.05) is 127 Å². The molecule has 0 nitrogen and oxygen atoms in total. The standard InChI is InChI=1S/C31H26/c1-24-13-12-15-25(21-24)26-18-19-30-29(22-26)27-14-8-6-4-2-3-5-7-11-20-31(30,23-27)28-16-9-10-17-28/h2-9,11-23H,10H2,1H3/b3-2-,6-4-,7-5-,14-8-,20-11+. The van der Waals surface area contributed by atoms with Gasteiger partial charge in [0.2, 0.25) is 0 Å². The van der Waals surface area contributed by atoms with Crippen LogP contribution in [0.15, 0.2) is 133 Å². The number of fused-ring (bicyclic) bond motifs is 4. The molecule has 5 rings (SSSR count). The van der Waals surface area contributed by atoms with Crippen molar-refractivity contribution < 1.29 is 0 Å². The first-order chi connectivity index (χ1) is 15.3. The molecule has 2 aromatic carbocycles. The van der Waals surface area contributed by atoms with Crippen molar-refractivity contribution in [1.29, 1.82) is 0 Å². The van der Waals surface area contributed by atoms with Gasteiger partial charge in [-0.3, -0.25) is 0 Å². The first-order valence-corrected chi connectivity index (χ1v) is 10.9. The molecule has 0 aliphatic heterocycles. The average Bonchev–Trinajstić information content (AvgIpc) is 3.43. The van der Waals surface area contributed by atoms with Gasteiger partial charge in [-0.15, -0.1) is 0 Å². The van der Waals surface area contributed by atoms with E-state index in [4.69, 9.17) is 0 Å². The fraction of sp³-hybridized carbons (Fsp3) is 0.0968. The summed E-state index contributed by atoms with van der Waals surface area (Å²) in [6.07, 6.45) is 31.7. The summed E-state index contributed by atoms with van der Waals surface area (Å²) in [5.74, 6) is 0. The molecule has 1 unspecified atom stereocenters. The van der Waals surface area contributed by atoms with Crippen LogP contribution in [0.25, 0.3) is 16.7 Å². The molecule has 3 aliphatic rings. The Balaban J connectivity index is 1.72. The van der Waals surface area contributed by atoms with Gasteiger partial charge < -0.3 is 0 Å². The van der Waals surface area contributed by atoms with Crippen LogP contribution in [0.1, 0.15) is 23.1 Å². The summed E-state index contributed by atoms with van der Waals surface area (Å²) < 4.78 is 0. The molecule has 31 heavy (non-hydrogen) atoms. The lowest BCUT2D eigenvalue weighted by molar-refractivity contribution is 0.832. The highest BCUT2D eigenvalue weighted by Crippen LogP contribution is 2.49. The predicted octanol–water partition coefficient (Wildman–Crippen LogP) is 7.98. The molecule has 0 saturated heterocycles. The van der Waals surface area contributed by atoms with E-state index in [0.717, 1.165) is 6.42 Å². The van der Waals surface area contributed by atoms with Crippen LogP contribution < -0.4 is 0 Å². The monoisotopic (exact) mass is 398 g/mol. The second-order valence-electron chi connectivity index (χ2n) is 8.27. The molecule has 0 fully saturated rings. The second kappa shape index (κ2) is 8.24. The van der Waals surface area contributed by atoms with Crippen molar-refractivity contribution in [2.75, 3.05) is 0 Å². The van der Waals surface area contributed by atoms with E-state index in [-0.39, 0.29) is 5.41 Å². The number of rotatable bonds is 2. The van der Waals surface area contributed by atoms with Gasteiger partial charge in [0.15, 0.2) is 0 Å². The molecule has 0 heteroatoms. The maximum atomic E-state index is 2.43. The Morgan fingerprint density at radius 2 is 1.52 bits per heavy atom. The second-order valence-corrected chi connectivity index (χ2v) is 8.27. The Hall–Kier alpha value is -3.64. The first-order valence-electron chi connectivity index (χ1n) is 10.9. The van der Waals surface area contributed by atoms with Crippen molar-refractivity contribution in [3.05, 3.63) is 150 Å². The van der Waals surface area contributed by atoms with Gasteiger partial charge in [-0.2, -0.15) is 0 Å². The third-order valence-electron chi connectivity index (χ3n) is 6.17. The largest absolute Gasteiger partial charge is 0.0804 e. The van der Waals surface area contributed by atoms with Crippen molar-refractivity contribution in [3.63, 3.8) is 0 Å². The van der Waals surface area contributed by atoms with Gasteiger partial charge >= 0.3 is 0 Å². The zero-order valence-corrected chi connectivity index (χ0v) is 17.8. The molecule has 0 spiro atoms. The zero-order valence-electron chi connectivity index (χ0n) is 17.8. The molecule has 0 aromatic heterocycles. The summed E-state index contributed by atoms with van der Waals surface area (Å²) >= 11 is 0. The minimum Gasteiger partial charge on any atom is -0.0804 e. The Morgan fingerprint density at radius 3 is 2.29 bits per heavy atom. The van der Waals surface area contributed by atoms with Gasteiger partial charge in [-0.05, 0) is 52.8 Å². The van der Waals surface area contributed by atoms with E-state index in [2.05, 4.69) is 134 Å². The van der Waals surface area contributed by atoms with Crippen LogP contribution in [-0.4, -0.2) is 0 Å². The topological polar surface area (TPSA) is 0 Å². The Labute approximate surface area is 185 Å². The lowest BCUT2D eigenvalue weighted by Crippen LogP contribution is -2.20. The van der Waals surface area contributed by atoms with Crippen molar-refractivity contribution in [1.82, 2.24) is 0 Å². The SMILES string of the molecule is Cc1cccc(-c2ccc3c(c2)C2=CC3(C3=CCC=C3)/C=C/C=C\C=C/C=C\C=C/2)c1. The van der Waals surface area contributed by atoms with Crippen LogP contribution in [0.4, 0.5) is 0 Å². The van der Waals surface area contributed by atoms with Crippen molar-refractivity contribution in [3.8, 4) is 11.1 Å². The maximum absolute atomic E-state index is 2.43. The minimum atomic E-state index is -0.237. The predicted molar refractivity (Wildman–Crippen MR) is 134 cm³/mol. The smallest absolute Gasteiger partial charge is 0.0577 e. The van der Waals surface area contributed by atoms with Gasteiger partial charge in [-0.25, -0.2) is 0 Å². The summed E-state index contributed by atoms with van der Waals surface area (Å²) in [7, 11) is 0. The number of benzene rings is 2. The molecular formula is C31H26. The quantitative estimate of drug-likeness (QED) is 0.481. The van der Waals surface area contributed by atoms with Crippen LogP contribution in [0, 0.1) is 6.92 Å². The highest BCUT2D eigenvalue weighted by atomic mass is 14.4. The lowest BCUT2D eigenvalue weighted by atomic mass is 9.75. The minimum absolute atomic E-state index is 0.237. The molecule has 2 aromatic rings. The normalized spacial score (nSPS) is 26.5. The van der Waals surface area contributed by atoms with Crippen molar-refractivity contribution in [2.45, 2.75) is 18.8 Å². The fourth-order valence-corrected chi connectivity index (χ4v) is 4.68. The Morgan fingerprint density at radius 1 is 0.742 bits per heavy atom. The molecular weight excluding hydrogens is 372 g/mol. The average molecular weight is 399 g/mol. The summed E-state index contributed by atoms with van der Waals surface area (Å²) in [6.45, 7) is 2.15. The van der Waals surface area contributed by atoms with E-state index in [1.54, 1.807) is 0 Å². The molecule has 0 heterocycles. The third-order valence-corrected chi connectivity index (χ3v) is 6.17. The molecule has 2 bridgehead atoms.